The summed E-state index contributed by atoms with van der Waals surface area (Å²) in [6.07, 6.45) is -0.986. The van der Waals surface area contributed by atoms with Crippen LogP contribution in [0.3, 0.4) is 0 Å². The van der Waals surface area contributed by atoms with E-state index in [1.807, 2.05) is 31.2 Å². The standard InChI is InChI=1S/C23H25F3N4O2/c1-2-32-19-8-4-3-6-16(19)9-12-21(31)29-13-5-7-17(14-29)22-28-27-20-11-10-18(15-30(20)22)23(24,25)26/h3-4,6,8,10-11,15,17H,2,5,7,9,12-14H2,1H3. The minimum Gasteiger partial charge on any atom is -0.494 e. The summed E-state index contributed by atoms with van der Waals surface area (Å²) >= 11 is 0. The third-order valence-corrected chi connectivity index (χ3v) is 5.78. The molecule has 1 aliphatic rings. The average molecular weight is 446 g/mol. The number of carbonyl (C=O) groups excluding carboxylic acids is 1. The summed E-state index contributed by atoms with van der Waals surface area (Å²) in [5.41, 5.74) is 0.603. The largest absolute Gasteiger partial charge is 0.494 e. The van der Waals surface area contributed by atoms with Gasteiger partial charge in [0.1, 0.15) is 11.6 Å². The highest BCUT2D eigenvalue weighted by Gasteiger charge is 2.32. The Hall–Kier alpha value is -3.10. The second kappa shape index (κ2) is 9.18. The number of piperidine rings is 1. The molecule has 0 spiro atoms. The zero-order valence-electron chi connectivity index (χ0n) is 17.8. The molecule has 1 aliphatic heterocycles. The van der Waals surface area contributed by atoms with E-state index in [1.54, 1.807) is 4.90 Å². The van der Waals surface area contributed by atoms with Crippen LogP contribution in [0.1, 0.15) is 49.1 Å². The fraction of sp³-hybridized carbons (Fsp3) is 0.435. The highest BCUT2D eigenvalue weighted by molar-refractivity contribution is 5.76. The number of nitrogens with zero attached hydrogens (tertiary/aromatic N) is 4. The fourth-order valence-corrected chi connectivity index (χ4v) is 4.18. The number of rotatable bonds is 6. The second-order valence-electron chi connectivity index (χ2n) is 7.92. The first-order valence-corrected chi connectivity index (χ1v) is 10.8. The van der Waals surface area contributed by atoms with Gasteiger partial charge in [-0.3, -0.25) is 9.20 Å². The monoisotopic (exact) mass is 446 g/mol. The van der Waals surface area contributed by atoms with Crippen LogP contribution in [0.15, 0.2) is 42.6 Å². The summed E-state index contributed by atoms with van der Waals surface area (Å²) in [4.78, 5) is 14.7. The smallest absolute Gasteiger partial charge is 0.417 e. The molecule has 0 radical (unpaired) electrons. The lowest BCUT2D eigenvalue weighted by atomic mass is 9.96. The molecule has 1 amide bonds. The Labute approximate surface area is 184 Å². The van der Waals surface area contributed by atoms with E-state index in [1.165, 1.54) is 10.5 Å². The molecule has 3 heterocycles. The molecule has 4 rings (SSSR count). The Bertz CT molecular complexity index is 1100. The van der Waals surface area contributed by atoms with Crippen LogP contribution in [0.25, 0.3) is 5.65 Å². The molecule has 170 valence electrons. The van der Waals surface area contributed by atoms with E-state index in [0.717, 1.165) is 36.4 Å². The van der Waals surface area contributed by atoms with E-state index in [9.17, 15) is 18.0 Å². The number of fused-ring (bicyclic) bond motifs is 1. The lowest BCUT2D eigenvalue weighted by Crippen LogP contribution is -2.39. The molecule has 0 aliphatic carbocycles. The number of aromatic nitrogens is 3. The van der Waals surface area contributed by atoms with Crippen LogP contribution in [-0.4, -0.2) is 45.1 Å². The molecule has 1 aromatic carbocycles. The highest BCUT2D eigenvalue weighted by atomic mass is 19.4. The van der Waals surface area contributed by atoms with Crippen molar-refractivity contribution < 1.29 is 22.7 Å². The van der Waals surface area contributed by atoms with Gasteiger partial charge in [-0.2, -0.15) is 13.2 Å². The van der Waals surface area contributed by atoms with Gasteiger partial charge in [0.15, 0.2) is 5.65 Å². The molecule has 1 atom stereocenters. The predicted octanol–water partition coefficient (Wildman–Crippen LogP) is 4.49. The number of likely N-dealkylation sites (tertiary alicyclic amines) is 1. The Morgan fingerprint density at radius 3 is 2.78 bits per heavy atom. The van der Waals surface area contributed by atoms with Crippen LogP contribution in [0, 0.1) is 0 Å². The number of hydrogen-bond donors (Lipinski definition) is 0. The van der Waals surface area contributed by atoms with Crippen molar-refractivity contribution in [3.05, 3.63) is 59.5 Å². The van der Waals surface area contributed by atoms with Gasteiger partial charge < -0.3 is 9.64 Å². The molecule has 0 bridgehead atoms. The number of alkyl halides is 3. The zero-order valence-corrected chi connectivity index (χ0v) is 17.8. The summed E-state index contributed by atoms with van der Waals surface area (Å²) < 4.78 is 46.5. The van der Waals surface area contributed by atoms with E-state index in [2.05, 4.69) is 10.2 Å². The van der Waals surface area contributed by atoms with E-state index in [4.69, 9.17) is 4.74 Å². The van der Waals surface area contributed by atoms with E-state index >= 15 is 0 Å². The molecule has 9 heteroatoms. The van der Waals surface area contributed by atoms with Gasteiger partial charge >= 0.3 is 6.18 Å². The number of aryl methyl sites for hydroxylation is 1. The number of carbonyl (C=O) groups is 1. The lowest BCUT2D eigenvalue weighted by molar-refractivity contribution is -0.137. The second-order valence-corrected chi connectivity index (χ2v) is 7.92. The SMILES string of the molecule is CCOc1ccccc1CCC(=O)N1CCCC(c2nnc3ccc(C(F)(F)F)cn23)C1. The first-order valence-electron chi connectivity index (χ1n) is 10.8. The van der Waals surface area contributed by atoms with Gasteiger partial charge in [0.05, 0.1) is 12.2 Å². The number of benzene rings is 1. The number of halogens is 3. The fourth-order valence-electron chi connectivity index (χ4n) is 4.18. The van der Waals surface area contributed by atoms with Crippen LogP contribution < -0.4 is 4.74 Å². The average Bonchev–Trinajstić information content (AvgIpc) is 3.21. The lowest BCUT2D eigenvalue weighted by Gasteiger charge is -2.32. The Morgan fingerprint density at radius 2 is 2.00 bits per heavy atom. The van der Waals surface area contributed by atoms with Crippen molar-refractivity contribution in [1.82, 2.24) is 19.5 Å². The van der Waals surface area contributed by atoms with Gasteiger partial charge in [-0.25, -0.2) is 0 Å². The van der Waals surface area contributed by atoms with E-state index < -0.39 is 11.7 Å². The third-order valence-electron chi connectivity index (χ3n) is 5.78. The molecular formula is C23H25F3N4O2. The van der Waals surface area contributed by atoms with Crippen LogP contribution >= 0.6 is 0 Å². The van der Waals surface area contributed by atoms with Crippen LogP contribution in [0.5, 0.6) is 5.75 Å². The summed E-state index contributed by atoms with van der Waals surface area (Å²) in [7, 11) is 0. The minimum absolute atomic E-state index is 0.0193. The molecular weight excluding hydrogens is 421 g/mol. The van der Waals surface area contributed by atoms with Crippen LogP contribution in [0.4, 0.5) is 13.2 Å². The molecule has 32 heavy (non-hydrogen) atoms. The van der Waals surface area contributed by atoms with Crippen molar-refractivity contribution in [1.29, 1.82) is 0 Å². The minimum atomic E-state index is -4.44. The van der Waals surface area contributed by atoms with Gasteiger partial charge in [0, 0.05) is 31.6 Å². The van der Waals surface area contributed by atoms with Crippen molar-refractivity contribution in [2.24, 2.45) is 0 Å². The van der Waals surface area contributed by atoms with Crippen LogP contribution in [0.2, 0.25) is 0 Å². The Morgan fingerprint density at radius 1 is 1.19 bits per heavy atom. The van der Waals surface area contributed by atoms with Gasteiger partial charge in [-0.1, -0.05) is 18.2 Å². The summed E-state index contributed by atoms with van der Waals surface area (Å²) in [5, 5.41) is 8.17. The molecule has 0 N–H and O–H groups in total. The molecule has 6 nitrogen and oxygen atoms in total. The topological polar surface area (TPSA) is 59.7 Å². The Kier molecular flexibility index (Phi) is 6.34. The summed E-state index contributed by atoms with van der Waals surface area (Å²) in [6, 6.07) is 10.00. The number of amides is 1. The molecule has 0 saturated carbocycles. The quantitative estimate of drug-likeness (QED) is 0.560. The summed E-state index contributed by atoms with van der Waals surface area (Å²) in [5.74, 6) is 1.10. The number of hydrogen-bond acceptors (Lipinski definition) is 4. The summed E-state index contributed by atoms with van der Waals surface area (Å²) in [6.45, 7) is 3.53. The van der Waals surface area contributed by atoms with Crippen molar-refractivity contribution in [3.8, 4) is 5.75 Å². The number of ether oxygens (including phenoxy) is 1. The first-order chi connectivity index (χ1) is 15.4. The van der Waals surface area contributed by atoms with E-state index in [0.29, 0.717) is 44.0 Å². The van der Waals surface area contributed by atoms with Gasteiger partial charge in [0.25, 0.3) is 0 Å². The molecule has 3 aromatic rings. The molecule has 1 unspecified atom stereocenters. The van der Waals surface area contributed by atoms with Crippen molar-refractivity contribution >= 4 is 11.6 Å². The third kappa shape index (κ3) is 4.71. The molecule has 1 saturated heterocycles. The maximum Gasteiger partial charge on any atom is 0.417 e. The van der Waals surface area contributed by atoms with Crippen molar-refractivity contribution in [3.63, 3.8) is 0 Å². The van der Waals surface area contributed by atoms with Gasteiger partial charge in [-0.05, 0) is 49.9 Å². The van der Waals surface area contributed by atoms with Crippen molar-refractivity contribution in [2.75, 3.05) is 19.7 Å². The normalized spacial score (nSPS) is 17.0. The highest BCUT2D eigenvalue weighted by Crippen LogP contribution is 2.31. The number of para-hydroxylation sites is 1. The number of pyridine rings is 1. The maximum absolute atomic E-state index is 13.1. The predicted molar refractivity (Wildman–Crippen MR) is 112 cm³/mol. The van der Waals surface area contributed by atoms with Gasteiger partial charge in [-0.15, -0.1) is 10.2 Å². The van der Waals surface area contributed by atoms with E-state index in [-0.39, 0.29) is 11.8 Å². The zero-order chi connectivity index (χ0) is 22.7. The molecule has 2 aromatic heterocycles. The maximum atomic E-state index is 13.1. The van der Waals surface area contributed by atoms with Crippen LogP contribution in [-0.2, 0) is 17.4 Å². The van der Waals surface area contributed by atoms with Crippen molar-refractivity contribution in [2.45, 2.75) is 44.7 Å². The first kappa shape index (κ1) is 22.1. The van der Waals surface area contributed by atoms with Gasteiger partial charge in [0.2, 0.25) is 5.91 Å². The Balaban J connectivity index is 1.46. The molecule has 1 fully saturated rings.